The summed E-state index contributed by atoms with van der Waals surface area (Å²) in [5.74, 6) is 0.636. The Morgan fingerprint density at radius 3 is 2.80 bits per heavy atom. The van der Waals surface area contributed by atoms with Crippen LogP contribution >= 0.6 is 0 Å². The summed E-state index contributed by atoms with van der Waals surface area (Å²) >= 11 is 0. The van der Waals surface area contributed by atoms with E-state index in [9.17, 15) is 4.79 Å². The lowest BCUT2D eigenvalue weighted by molar-refractivity contribution is -0.130. The van der Waals surface area contributed by atoms with Gasteiger partial charge >= 0.3 is 0 Å². The minimum Gasteiger partial charge on any atom is -0.343 e. The summed E-state index contributed by atoms with van der Waals surface area (Å²) in [6.45, 7) is 6.61. The Bertz CT molecular complexity index is 530. The van der Waals surface area contributed by atoms with E-state index in [4.69, 9.17) is 0 Å². The molecule has 2 saturated heterocycles. The molecular weight excluding hydrogens is 314 g/mol. The minimum absolute atomic E-state index is 0.145. The molecule has 1 amide bonds. The Balaban J connectivity index is 1.43. The van der Waals surface area contributed by atoms with Crippen LogP contribution in [0.3, 0.4) is 0 Å². The van der Waals surface area contributed by atoms with Crippen molar-refractivity contribution in [2.24, 2.45) is 0 Å². The molecule has 0 spiro atoms. The van der Waals surface area contributed by atoms with Crippen molar-refractivity contribution in [1.82, 2.24) is 24.9 Å². The number of likely N-dealkylation sites (tertiary alicyclic amines) is 1. The van der Waals surface area contributed by atoms with E-state index in [0.717, 1.165) is 31.9 Å². The van der Waals surface area contributed by atoms with Crippen molar-refractivity contribution in [2.75, 3.05) is 46.3 Å². The Morgan fingerprint density at radius 2 is 2.08 bits per heavy atom. The number of hydrogen-bond acceptors (Lipinski definition) is 4. The van der Waals surface area contributed by atoms with Crippen LogP contribution in [-0.2, 0) is 11.3 Å². The molecule has 0 saturated carbocycles. The molecule has 0 radical (unpaired) electrons. The summed E-state index contributed by atoms with van der Waals surface area (Å²) in [4.78, 5) is 16.8. The van der Waals surface area contributed by atoms with Crippen LogP contribution in [0.5, 0.6) is 0 Å². The highest BCUT2D eigenvalue weighted by Gasteiger charge is 2.18. The van der Waals surface area contributed by atoms with Gasteiger partial charge in [-0.05, 0) is 51.4 Å². The van der Waals surface area contributed by atoms with Crippen molar-refractivity contribution < 1.29 is 4.79 Å². The molecule has 140 valence electrons. The number of amides is 1. The van der Waals surface area contributed by atoms with Crippen molar-refractivity contribution in [2.45, 2.75) is 51.0 Å². The third-order valence-corrected chi connectivity index (χ3v) is 5.55. The molecule has 6 heteroatoms. The van der Waals surface area contributed by atoms with Crippen LogP contribution in [0.25, 0.3) is 0 Å². The van der Waals surface area contributed by atoms with E-state index in [1.165, 1.54) is 51.6 Å². The number of carbonyl (C=O) groups is 1. The van der Waals surface area contributed by atoms with Gasteiger partial charge in [0.15, 0.2) is 0 Å². The molecule has 3 rings (SSSR count). The standard InChI is InChI=1S/C19H33N5O/c1-22(13-14-23-10-4-2-3-5-11-23)19(25)16-24-12-8-18(21-24)17-7-6-9-20-15-17/h8,12,17,20H,2-7,9-11,13-16H2,1H3/t17-/m0/s1. The van der Waals surface area contributed by atoms with Crippen LogP contribution in [-0.4, -0.2) is 71.8 Å². The average molecular weight is 348 g/mol. The van der Waals surface area contributed by atoms with Gasteiger partial charge in [0, 0.05) is 38.8 Å². The number of carbonyl (C=O) groups excluding carboxylic acids is 1. The summed E-state index contributed by atoms with van der Waals surface area (Å²) < 4.78 is 1.80. The molecule has 0 aromatic carbocycles. The molecule has 2 aliphatic rings. The van der Waals surface area contributed by atoms with Crippen molar-refractivity contribution in [1.29, 1.82) is 0 Å². The minimum atomic E-state index is 0.145. The van der Waals surface area contributed by atoms with Crippen LogP contribution in [0.1, 0.15) is 50.1 Å². The van der Waals surface area contributed by atoms with Crippen LogP contribution in [0.4, 0.5) is 0 Å². The van der Waals surface area contributed by atoms with E-state index in [0.29, 0.717) is 12.5 Å². The first-order valence-electron chi connectivity index (χ1n) is 9.93. The van der Waals surface area contributed by atoms with Gasteiger partial charge in [-0.2, -0.15) is 5.10 Å². The normalized spacial score (nSPS) is 22.5. The van der Waals surface area contributed by atoms with E-state index < -0.39 is 0 Å². The first-order valence-corrected chi connectivity index (χ1v) is 9.93. The molecule has 3 heterocycles. The number of likely N-dealkylation sites (N-methyl/N-ethyl adjacent to an activating group) is 1. The highest BCUT2D eigenvalue weighted by molar-refractivity contribution is 5.75. The Kier molecular flexibility index (Phi) is 6.87. The maximum absolute atomic E-state index is 12.5. The molecule has 1 N–H and O–H groups in total. The summed E-state index contributed by atoms with van der Waals surface area (Å²) in [5, 5.41) is 8.06. The van der Waals surface area contributed by atoms with E-state index in [-0.39, 0.29) is 5.91 Å². The second-order valence-electron chi connectivity index (χ2n) is 7.55. The van der Waals surface area contributed by atoms with Gasteiger partial charge in [0.2, 0.25) is 5.91 Å². The topological polar surface area (TPSA) is 53.4 Å². The lowest BCUT2D eigenvalue weighted by atomic mass is 9.97. The predicted molar refractivity (Wildman–Crippen MR) is 99.6 cm³/mol. The van der Waals surface area contributed by atoms with Crippen molar-refractivity contribution in [3.8, 4) is 0 Å². The van der Waals surface area contributed by atoms with Gasteiger partial charge in [-0.1, -0.05) is 12.8 Å². The molecule has 0 unspecified atom stereocenters. The molecule has 25 heavy (non-hydrogen) atoms. The smallest absolute Gasteiger partial charge is 0.244 e. The highest BCUT2D eigenvalue weighted by Crippen LogP contribution is 2.21. The lowest BCUT2D eigenvalue weighted by Crippen LogP contribution is -2.38. The number of aromatic nitrogens is 2. The molecule has 6 nitrogen and oxygen atoms in total. The second-order valence-corrected chi connectivity index (χ2v) is 7.55. The van der Waals surface area contributed by atoms with Crippen molar-refractivity contribution >= 4 is 5.91 Å². The zero-order valence-electron chi connectivity index (χ0n) is 15.6. The zero-order chi connectivity index (χ0) is 17.5. The summed E-state index contributed by atoms with van der Waals surface area (Å²) in [6.07, 6.45) is 9.63. The average Bonchev–Trinajstić information content (AvgIpc) is 2.94. The zero-order valence-corrected chi connectivity index (χ0v) is 15.6. The van der Waals surface area contributed by atoms with Gasteiger partial charge in [0.05, 0.1) is 5.69 Å². The van der Waals surface area contributed by atoms with Gasteiger partial charge in [-0.25, -0.2) is 0 Å². The number of piperidine rings is 1. The fourth-order valence-electron chi connectivity index (χ4n) is 3.82. The second kappa shape index (κ2) is 9.34. The molecule has 0 aliphatic carbocycles. The Morgan fingerprint density at radius 1 is 1.28 bits per heavy atom. The Hall–Kier alpha value is -1.40. The summed E-state index contributed by atoms with van der Waals surface area (Å²) in [6, 6.07) is 2.07. The van der Waals surface area contributed by atoms with E-state index in [2.05, 4.69) is 21.4 Å². The number of rotatable bonds is 6. The van der Waals surface area contributed by atoms with Crippen LogP contribution < -0.4 is 5.32 Å². The molecule has 0 bridgehead atoms. The molecular formula is C19H33N5O. The molecule has 2 aliphatic heterocycles. The third-order valence-electron chi connectivity index (χ3n) is 5.55. The molecule has 2 fully saturated rings. The third kappa shape index (κ3) is 5.54. The first-order chi connectivity index (χ1) is 12.2. The van der Waals surface area contributed by atoms with Gasteiger partial charge < -0.3 is 15.1 Å². The number of hydrogen-bond donors (Lipinski definition) is 1. The van der Waals surface area contributed by atoms with Gasteiger partial charge in [-0.15, -0.1) is 0 Å². The maximum Gasteiger partial charge on any atom is 0.244 e. The molecule has 1 aromatic rings. The molecule has 1 aromatic heterocycles. The van der Waals surface area contributed by atoms with Crippen molar-refractivity contribution in [3.05, 3.63) is 18.0 Å². The predicted octanol–water partition coefficient (Wildman–Crippen LogP) is 1.68. The van der Waals surface area contributed by atoms with Crippen molar-refractivity contribution in [3.63, 3.8) is 0 Å². The van der Waals surface area contributed by atoms with Crippen LogP contribution in [0, 0.1) is 0 Å². The number of nitrogens with zero attached hydrogens (tertiary/aromatic N) is 4. The SMILES string of the molecule is CN(CCN1CCCCCC1)C(=O)Cn1ccc([C@H]2CCCNC2)n1. The fourth-order valence-corrected chi connectivity index (χ4v) is 3.82. The lowest BCUT2D eigenvalue weighted by Gasteiger charge is -2.24. The van der Waals surface area contributed by atoms with E-state index >= 15 is 0 Å². The fraction of sp³-hybridized carbons (Fsp3) is 0.789. The quantitative estimate of drug-likeness (QED) is 0.851. The van der Waals surface area contributed by atoms with E-state index in [1.54, 1.807) is 4.68 Å². The summed E-state index contributed by atoms with van der Waals surface area (Å²) in [5.41, 5.74) is 1.12. The van der Waals surface area contributed by atoms with E-state index in [1.807, 2.05) is 18.1 Å². The maximum atomic E-state index is 12.5. The highest BCUT2D eigenvalue weighted by atomic mass is 16.2. The van der Waals surface area contributed by atoms with Crippen LogP contribution in [0.2, 0.25) is 0 Å². The Labute approximate surface area is 151 Å². The first kappa shape index (κ1) is 18.4. The van der Waals surface area contributed by atoms with Crippen LogP contribution in [0.15, 0.2) is 12.3 Å². The number of nitrogens with one attached hydrogen (secondary N) is 1. The largest absolute Gasteiger partial charge is 0.343 e. The van der Waals surface area contributed by atoms with Gasteiger partial charge in [0.25, 0.3) is 0 Å². The monoisotopic (exact) mass is 347 g/mol. The van der Waals surface area contributed by atoms with Gasteiger partial charge in [0.1, 0.15) is 6.54 Å². The van der Waals surface area contributed by atoms with Gasteiger partial charge in [-0.3, -0.25) is 9.48 Å². The summed E-state index contributed by atoms with van der Waals surface area (Å²) in [7, 11) is 1.91. The molecule has 1 atom stereocenters.